The highest BCUT2D eigenvalue weighted by molar-refractivity contribution is 14.0. The van der Waals surface area contributed by atoms with Crippen LogP contribution in [0.4, 0.5) is 0 Å². The van der Waals surface area contributed by atoms with Crippen LogP contribution in [-0.4, -0.2) is 46.4 Å². The highest BCUT2D eigenvalue weighted by Crippen LogP contribution is 2.44. The second-order valence-corrected chi connectivity index (χ2v) is 6.78. The van der Waals surface area contributed by atoms with Gasteiger partial charge in [-0.2, -0.15) is 0 Å². The zero-order chi connectivity index (χ0) is 18.0. The van der Waals surface area contributed by atoms with Crippen molar-refractivity contribution in [3.05, 3.63) is 29.8 Å². The number of hydrogen-bond acceptors (Lipinski definition) is 3. The van der Waals surface area contributed by atoms with Crippen LogP contribution in [0.25, 0.3) is 0 Å². The molecule has 0 atom stereocenters. The van der Waals surface area contributed by atoms with Crippen LogP contribution < -0.4 is 15.4 Å². The molecule has 1 aromatic rings. The van der Waals surface area contributed by atoms with Gasteiger partial charge in [-0.05, 0) is 49.7 Å². The first-order valence-corrected chi connectivity index (χ1v) is 9.36. The zero-order valence-electron chi connectivity index (χ0n) is 16.3. The second-order valence-electron chi connectivity index (χ2n) is 6.78. The lowest BCUT2D eigenvalue weighted by Gasteiger charge is -2.40. The number of nitrogens with zero attached hydrogens (tertiary/aromatic N) is 1. The highest BCUT2D eigenvalue weighted by atomic mass is 127. The summed E-state index contributed by atoms with van der Waals surface area (Å²) < 4.78 is 10.7. The van der Waals surface area contributed by atoms with Crippen LogP contribution in [0.5, 0.6) is 5.75 Å². The van der Waals surface area contributed by atoms with E-state index < -0.39 is 0 Å². The lowest BCUT2D eigenvalue weighted by molar-refractivity contribution is 0.0778. The number of aliphatic imine (C=N–C) groups is 1. The van der Waals surface area contributed by atoms with Crippen molar-refractivity contribution in [2.45, 2.75) is 39.0 Å². The van der Waals surface area contributed by atoms with Gasteiger partial charge in [-0.3, -0.25) is 4.99 Å². The number of methoxy groups -OCH3 is 2. The van der Waals surface area contributed by atoms with E-state index in [0.717, 1.165) is 50.8 Å². The summed E-state index contributed by atoms with van der Waals surface area (Å²) in [7, 11) is 3.50. The summed E-state index contributed by atoms with van der Waals surface area (Å²) in [5.41, 5.74) is 1.56. The predicted molar refractivity (Wildman–Crippen MR) is 119 cm³/mol. The number of guanidine groups is 1. The molecule has 0 aliphatic heterocycles. The minimum atomic E-state index is 0. The molecule has 26 heavy (non-hydrogen) atoms. The van der Waals surface area contributed by atoms with Crippen LogP contribution in [0.15, 0.2) is 29.3 Å². The number of nitrogens with one attached hydrogen (secondary N) is 2. The van der Waals surface area contributed by atoms with Gasteiger partial charge in [-0.25, -0.2) is 0 Å². The molecule has 0 heterocycles. The van der Waals surface area contributed by atoms with Gasteiger partial charge < -0.3 is 20.1 Å². The van der Waals surface area contributed by atoms with Gasteiger partial charge in [0.1, 0.15) is 5.75 Å². The third-order valence-corrected chi connectivity index (χ3v) is 5.05. The highest BCUT2D eigenvalue weighted by Gasteiger charge is 2.36. The Bertz CT molecular complexity index is 548. The van der Waals surface area contributed by atoms with E-state index in [1.54, 1.807) is 14.2 Å². The minimum absolute atomic E-state index is 0. The van der Waals surface area contributed by atoms with E-state index in [2.05, 4.69) is 23.6 Å². The molecule has 0 saturated heterocycles. The quantitative estimate of drug-likeness (QED) is 0.309. The molecule has 5 nitrogen and oxygen atoms in total. The standard InChI is InChI=1S/C20H33N3O2.HI/c1-4-21-19(23-16-20(11-7-12-20)13-15-24-2)22-14-10-17-8-5-6-9-18(17)25-3;/h5-6,8-9H,4,7,10-16H2,1-3H3,(H2,21,22,23);1H. The van der Waals surface area contributed by atoms with Gasteiger partial charge in [0.25, 0.3) is 0 Å². The molecule has 1 fully saturated rings. The van der Waals surface area contributed by atoms with Gasteiger partial charge in [-0.1, -0.05) is 24.6 Å². The first-order valence-electron chi connectivity index (χ1n) is 9.36. The average Bonchev–Trinajstić information content (AvgIpc) is 2.60. The van der Waals surface area contributed by atoms with E-state index in [9.17, 15) is 0 Å². The maximum atomic E-state index is 5.42. The van der Waals surface area contributed by atoms with Crippen molar-refractivity contribution in [3.8, 4) is 5.75 Å². The Labute approximate surface area is 175 Å². The topological polar surface area (TPSA) is 54.9 Å². The van der Waals surface area contributed by atoms with Crippen molar-refractivity contribution in [1.82, 2.24) is 10.6 Å². The Morgan fingerprint density at radius 2 is 1.96 bits per heavy atom. The summed E-state index contributed by atoms with van der Waals surface area (Å²) in [6.45, 7) is 5.50. The smallest absolute Gasteiger partial charge is 0.191 e. The Balaban J connectivity index is 0.00000338. The normalized spacial score (nSPS) is 15.6. The van der Waals surface area contributed by atoms with Crippen LogP contribution in [0.3, 0.4) is 0 Å². The Morgan fingerprint density at radius 3 is 2.58 bits per heavy atom. The third-order valence-electron chi connectivity index (χ3n) is 5.05. The van der Waals surface area contributed by atoms with Gasteiger partial charge >= 0.3 is 0 Å². The summed E-state index contributed by atoms with van der Waals surface area (Å²) in [5, 5.41) is 6.80. The molecule has 1 aromatic carbocycles. The van der Waals surface area contributed by atoms with Crippen molar-refractivity contribution in [2.24, 2.45) is 10.4 Å². The van der Waals surface area contributed by atoms with E-state index >= 15 is 0 Å². The SMILES string of the molecule is CCNC(=NCC1(CCOC)CCC1)NCCc1ccccc1OC.I. The lowest BCUT2D eigenvalue weighted by atomic mass is 9.67. The van der Waals surface area contributed by atoms with Crippen LogP contribution >= 0.6 is 24.0 Å². The lowest BCUT2D eigenvalue weighted by Crippen LogP contribution is -2.41. The first-order chi connectivity index (χ1) is 12.2. The van der Waals surface area contributed by atoms with Crippen molar-refractivity contribution in [3.63, 3.8) is 0 Å². The number of hydrogen-bond donors (Lipinski definition) is 2. The van der Waals surface area contributed by atoms with E-state index in [-0.39, 0.29) is 24.0 Å². The average molecular weight is 475 g/mol. The minimum Gasteiger partial charge on any atom is -0.496 e. The molecule has 0 bridgehead atoms. The summed E-state index contributed by atoms with van der Waals surface area (Å²) >= 11 is 0. The Kier molecular flexibility index (Phi) is 11.0. The van der Waals surface area contributed by atoms with Gasteiger partial charge in [0, 0.05) is 33.4 Å². The van der Waals surface area contributed by atoms with E-state index in [0.29, 0.717) is 5.41 Å². The molecule has 1 saturated carbocycles. The van der Waals surface area contributed by atoms with Gasteiger partial charge in [0.05, 0.1) is 7.11 Å². The fourth-order valence-electron chi connectivity index (χ4n) is 3.30. The second kappa shape index (κ2) is 12.4. The van der Waals surface area contributed by atoms with Crippen molar-refractivity contribution < 1.29 is 9.47 Å². The Hall–Kier alpha value is -1.02. The molecular formula is C20H34IN3O2. The number of benzene rings is 1. The maximum absolute atomic E-state index is 5.42. The molecule has 6 heteroatoms. The van der Waals surface area contributed by atoms with E-state index in [4.69, 9.17) is 14.5 Å². The van der Waals surface area contributed by atoms with Crippen LogP contribution in [0.2, 0.25) is 0 Å². The molecule has 0 unspecified atom stereocenters. The molecule has 0 radical (unpaired) electrons. The first kappa shape index (κ1) is 23.0. The largest absolute Gasteiger partial charge is 0.496 e. The number of para-hydroxylation sites is 1. The van der Waals surface area contributed by atoms with Crippen LogP contribution in [-0.2, 0) is 11.2 Å². The summed E-state index contributed by atoms with van der Waals surface area (Å²) in [6.07, 6.45) is 5.86. The van der Waals surface area contributed by atoms with Crippen molar-refractivity contribution >= 4 is 29.9 Å². The van der Waals surface area contributed by atoms with Gasteiger partial charge in [-0.15, -0.1) is 24.0 Å². The number of rotatable bonds is 10. The molecule has 1 aliphatic rings. The van der Waals surface area contributed by atoms with Gasteiger partial charge in [0.15, 0.2) is 5.96 Å². The molecule has 0 aromatic heterocycles. The molecule has 2 rings (SSSR count). The van der Waals surface area contributed by atoms with Crippen LogP contribution in [0.1, 0.15) is 38.2 Å². The maximum Gasteiger partial charge on any atom is 0.191 e. The summed E-state index contributed by atoms with van der Waals surface area (Å²) in [4.78, 5) is 4.84. The van der Waals surface area contributed by atoms with Crippen molar-refractivity contribution in [2.75, 3.05) is 40.5 Å². The summed E-state index contributed by atoms with van der Waals surface area (Å²) in [6, 6.07) is 8.16. The predicted octanol–water partition coefficient (Wildman–Crippen LogP) is 3.62. The number of halogens is 1. The zero-order valence-corrected chi connectivity index (χ0v) is 18.7. The fraction of sp³-hybridized carbons (Fsp3) is 0.650. The fourth-order valence-corrected chi connectivity index (χ4v) is 3.30. The van der Waals surface area contributed by atoms with Crippen LogP contribution in [0, 0.1) is 5.41 Å². The summed E-state index contributed by atoms with van der Waals surface area (Å²) in [5.74, 6) is 1.85. The number of ether oxygens (including phenoxy) is 2. The molecule has 0 spiro atoms. The van der Waals surface area contributed by atoms with E-state index in [1.807, 2.05) is 18.2 Å². The molecular weight excluding hydrogens is 441 g/mol. The monoisotopic (exact) mass is 475 g/mol. The van der Waals surface area contributed by atoms with Crippen molar-refractivity contribution in [1.29, 1.82) is 0 Å². The third kappa shape index (κ3) is 6.95. The molecule has 1 aliphatic carbocycles. The molecule has 2 N–H and O–H groups in total. The molecule has 0 amide bonds. The van der Waals surface area contributed by atoms with Gasteiger partial charge in [0.2, 0.25) is 0 Å². The Morgan fingerprint density at radius 1 is 1.19 bits per heavy atom. The van der Waals surface area contributed by atoms with E-state index in [1.165, 1.54) is 24.8 Å². The molecule has 148 valence electrons.